The molecule has 0 atom stereocenters. The maximum atomic E-state index is 13.5. The first-order valence-electron chi connectivity index (χ1n) is 12.5. The van der Waals surface area contributed by atoms with E-state index in [4.69, 9.17) is 4.98 Å². The summed E-state index contributed by atoms with van der Waals surface area (Å²) in [5.41, 5.74) is 7.03. The minimum atomic E-state index is -0.290. The lowest BCUT2D eigenvalue weighted by Gasteiger charge is -2.24. The number of amides is 1. The van der Waals surface area contributed by atoms with Gasteiger partial charge in [-0.15, -0.1) is 0 Å². The second-order valence-electron chi connectivity index (χ2n) is 9.56. The highest BCUT2D eigenvalue weighted by atomic mass is 19.1. The van der Waals surface area contributed by atoms with Crippen LogP contribution in [-0.4, -0.2) is 36.0 Å². The quantitative estimate of drug-likeness (QED) is 0.263. The highest BCUT2D eigenvalue weighted by molar-refractivity contribution is 5.98. The van der Waals surface area contributed by atoms with Crippen LogP contribution in [-0.2, 0) is 4.79 Å². The first-order valence-corrected chi connectivity index (χ1v) is 12.5. The number of nitrogens with zero attached hydrogens (tertiary/aromatic N) is 4. The Balaban J connectivity index is 1.26. The zero-order valence-corrected chi connectivity index (χ0v) is 20.2. The molecule has 0 aliphatic heterocycles. The summed E-state index contributed by atoms with van der Waals surface area (Å²) in [5, 5.41) is 11.5. The lowest BCUT2D eigenvalue weighted by Crippen LogP contribution is -2.28. The van der Waals surface area contributed by atoms with E-state index in [2.05, 4.69) is 30.5 Å². The van der Waals surface area contributed by atoms with E-state index in [0.717, 1.165) is 52.4 Å². The van der Waals surface area contributed by atoms with E-state index >= 15 is 0 Å². The van der Waals surface area contributed by atoms with E-state index in [0.29, 0.717) is 28.4 Å². The van der Waals surface area contributed by atoms with Gasteiger partial charge in [0.25, 0.3) is 0 Å². The van der Waals surface area contributed by atoms with Crippen molar-refractivity contribution in [2.75, 3.05) is 5.32 Å². The molecular formula is C29H22FN7O. The van der Waals surface area contributed by atoms with Crippen LogP contribution in [0.1, 0.15) is 19.3 Å². The Hall–Kier alpha value is -4.92. The first-order chi connectivity index (χ1) is 18.6. The number of pyridine rings is 2. The van der Waals surface area contributed by atoms with E-state index < -0.39 is 0 Å². The van der Waals surface area contributed by atoms with Crippen molar-refractivity contribution in [2.45, 2.75) is 19.3 Å². The third-order valence-corrected chi connectivity index (χ3v) is 7.14. The summed E-state index contributed by atoms with van der Waals surface area (Å²) in [6.45, 7) is 0. The number of nitrogens with one attached hydrogen (secondary N) is 3. The molecule has 1 aliphatic carbocycles. The molecule has 4 aromatic heterocycles. The fourth-order valence-corrected chi connectivity index (χ4v) is 4.84. The van der Waals surface area contributed by atoms with Crippen molar-refractivity contribution in [3.05, 3.63) is 79.0 Å². The molecule has 0 saturated heterocycles. The summed E-state index contributed by atoms with van der Waals surface area (Å²) >= 11 is 0. The van der Waals surface area contributed by atoms with Crippen molar-refractivity contribution < 1.29 is 9.18 Å². The van der Waals surface area contributed by atoms with Gasteiger partial charge in [-0.1, -0.05) is 24.6 Å². The average Bonchev–Trinajstić information content (AvgIpc) is 3.52. The van der Waals surface area contributed by atoms with Crippen molar-refractivity contribution in [1.82, 2.24) is 30.1 Å². The molecule has 1 aliphatic rings. The van der Waals surface area contributed by atoms with E-state index in [1.54, 1.807) is 30.7 Å². The Morgan fingerprint density at radius 2 is 1.82 bits per heavy atom. The summed E-state index contributed by atoms with van der Waals surface area (Å²) in [6, 6.07) is 16.1. The minimum Gasteiger partial charge on any atom is -0.324 e. The van der Waals surface area contributed by atoms with Gasteiger partial charge in [0.1, 0.15) is 17.0 Å². The van der Waals surface area contributed by atoms with Gasteiger partial charge in [-0.3, -0.25) is 14.9 Å². The van der Waals surface area contributed by atoms with Gasteiger partial charge >= 0.3 is 0 Å². The van der Waals surface area contributed by atoms with E-state index in [-0.39, 0.29) is 17.6 Å². The molecule has 2 aromatic carbocycles. The Bertz CT molecular complexity index is 1820. The molecule has 1 fully saturated rings. The Morgan fingerprint density at radius 1 is 0.974 bits per heavy atom. The Labute approximate surface area is 216 Å². The van der Waals surface area contributed by atoms with Gasteiger partial charge in [0, 0.05) is 34.8 Å². The number of aromatic nitrogens is 6. The zero-order valence-electron chi connectivity index (χ0n) is 20.2. The summed E-state index contributed by atoms with van der Waals surface area (Å²) in [6.07, 6.45) is 8.15. The van der Waals surface area contributed by atoms with Gasteiger partial charge in [0.2, 0.25) is 5.91 Å². The highest BCUT2D eigenvalue weighted by Gasteiger charge is 2.25. The number of carbonyl (C=O) groups excluding carboxylic acids is 1. The highest BCUT2D eigenvalue weighted by Crippen LogP contribution is 2.33. The van der Waals surface area contributed by atoms with E-state index in [9.17, 15) is 9.18 Å². The zero-order chi connectivity index (χ0) is 25.6. The van der Waals surface area contributed by atoms with E-state index in [1.165, 1.54) is 12.1 Å². The maximum Gasteiger partial charge on any atom is 0.227 e. The Kier molecular flexibility index (Phi) is 5.21. The van der Waals surface area contributed by atoms with Crippen LogP contribution in [0.3, 0.4) is 0 Å². The molecule has 6 aromatic rings. The molecular weight excluding hydrogens is 481 g/mol. The van der Waals surface area contributed by atoms with Crippen LogP contribution in [0.25, 0.3) is 55.8 Å². The van der Waals surface area contributed by atoms with Gasteiger partial charge in [0.15, 0.2) is 11.5 Å². The molecule has 8 nitrogen and oxygen atoms in total. The van der Waals surface area contributed by atoms with Crippen molar-refractivity contribution >= 4 is 33.7 Å². The monoisotopic (exact) mass is 503 g/mol. The molecule has 3 N–H and O–H groups in total. The smallest absolute Gasteiger partial charge is 0.227 e. The number of hydrogen-bond acceptors (Lipinski definition) is 5. The fourth-order valence-electron chi connectivity index (χ4n) is 4.84. The molecule has 7 rings (SSSR count). The maximum absolute atomic E-state index is 13.5. The minimum absolute atomic E-state index is 0.0567. The number of carbonyl (C=O) groups is 1. The summed E-state index contributed by atoms with van der Waals surface area (Å²) in [5.74, 6) is 0.443. The number of imidazole rings is 1. The van der Waals surface area contributed by atoms with E-state index in [1.807, 2.05) is 30.3 Å². The fraction of sp³-hybridized carbons (Fsp3) is 0.138. The second-order valence-corrected chi connectivity index (χ2v) is 9.56. The Morgan fingerprint density at radius 3 is 2.63 bits per heavy atom. The predicted octanol–water partition coefficient (Wildman–Crippen LogP) is 6.11. The average molecular weight is 504 g/mol. The van der Waals surface area contributed by atoms with Crippen LogP contribution in [0.2, 0.25) is 0 Å². The van der Waals surface area contributed by atoms with Gasteiger partial charge in [-0.2, -0.15) is 5.10 Å². The van der Waals surface area contributed by atoms with Crippen LogP contribution in [0.5, 0.6) is 0 Å². The van der Waals surface area contributed by atoms with Crippen molar-refractivity contribution in [1.29, 1.82) is 0 Å². The van der Waals surface area contributed by atoms with Gasteiger partial charge in [0.05, 0.1) is 17.4 Å². The van der Waals surface area contributed by atoms with Crippen molar-refractivity contribution in [3.8, 4) is 33.8 Å². The summed E-state index contributed by atoms with van der Waals surface area (Å²) in [4.78, 5) is 29.3. The standard InChI is InChI=1S/C29H22FN7O/c30-20-7-4-16(5-8-20)22-10-11-32-27-25(22)34-28(35-27)26-23-13-18(6-9-24(23)36-37-26)19-12-21(15-31-14-19)33-29(38)17-2-1-3-17/h4-15,17H,1-3H2,(H,33,38)(H,36,37)(H,32,34,35). The predicted molar refractivity (Wildman–Crippen MR) is 144 cm³/mol. The number of anilines is 1. The number of rotatable bonds is 5. The molecule has 9 heteroatoms. The number of benzene rings is 2. The van der Waals surface area contributed by atoms with Crippen LogP contribution in [0.15, 0.2) is 73.2 Å². The molecule has 0 unspecified atom stereocenters. The molecule has 4 heterocycles. The van der Waals surface area contributed by atoms with Crippen LogP contribution < -0.4 is 5.32 Å². The molecule has 186 valence electrons. The number of H-pyrrole nitrogens is 2. The lowest BCUT2D eigenvalue weighted by molar-refractivity contribution is -0.122. The molecule has 0 radical (unpaired) electrons. The normalized spacial score (nSPS) is 13.6. The first kappa shape index (κ1) is 22.3. The van der Waals surface area contributed by atoms with Crippen molar-refractivity contribution in [2.24, 2.45) is 5.92 Å². The lowest BCUT2D eigenvalue weighted by atomic mass is 9.85. The third-order valence-electron chi connectivity index (χ3n) is 7.14. The molecule has 38 heavy (non-hydrogen) atoms. The number of aromatic amines is 2. The third kappa shape index (κ3) is 3.88. The number of hydrogen-bond donors (Lipinski definition) is 3. The van der Waals surface area contributed by atoms with Crippen LogP contribution in [0, 0.1) is 11.7 Å². The summed E-state index contributed by atoms with van der Waals surface area (Å²) in [7, 11) is 0. The van der Waals surface area contributed by atoms with Gasteiger partial charge < -0.3 is 10.3 Å². The van der Waals surface area contributed by atoms with Crippen LogP contribution in [0.4, 0.5) is 10.1 Å². The topological polar surface area (TPSA) is 112 Å². The number of halogens is 1. The molecule has 0 spiro atoms. The van der Waals surface area contributed by atoms with Crippen molar-refractivity contribution in [3.63, 3.8) is 0 Å². The van der Waals surface area contributed by atoms with Crippen LogP contribution >= 0.6 is 0 Å². The SMILES string of the molecule is O=C(Nc1cncc(-c2ccc3[nH]nc(-c4nc5c(-c6ccc(F)cc6)ccnc5[nH]4)c3c2)c1)C1CCC1. The van der Waals surface area contributed by atoms with Gasteiger partial charge in [-0.05, 0) is 60.4 Å². The molecule has 1 saturated carbocycles. The largest absolute Gasteiger partial charge is 0.324 e. The second kappa shape index (κ2) is 8.88. The number of fused-ring (bicyclic) bond motifs is 2. The molecule has 0 bridgehead atoms. The molecule has 1 amide bonds. The van der Waals surface area contributed by atoms with Gasteiger partial charge in [-0.25, -0.2) is 14.4 Å². The summed E-state index contributed by atoms with van der Waals surface area (Å²) < 4.78 is 13.5.